The third kappa shape index (κ3) is 3.42. The van der Waals surface area contributed by atoms with Gasteiger partial charge in [0.2, 0.25) is 0 Å². The molecule has 0 saturated carbocycles. The van der Waals surface area contributed by atoms with Crippen molar-refractivity contribution in [2.75, 3.05) is 6.61 Å². The Hall–Kier alpha value is -2.30. The maximum Gasteiger partial charge on any atom is 0.309 e. The Morgan fingerprint density at radius 2 is 2.19 bits per heavy atom. The lowest BCUT2D eigenvalue weighted by molar-refractivity contribution is -0.136. The van der Waals surface area contributed by atoms with Crippen molar-refractivity contribution in [1.29, 1.82) is 0 Å². The van der Waals surface area contributed by atoms with Crippen LogP contribution in [0, 0.1) is 6.92 Å². The van der Waals surface area contributed by atoms with Crippen molar-refractivity contribution < 1.29 is 14.6 Å². The number of carboxylic acids is 1. The van der Waals surface area contributed by atoms with Gasteiger partial charge in [-0.05, 0) is 25.5 Å². The number of benzene rings is 1. The topological polar surface area (TPSA) is 64.3 Å². The largest absolute Gasteiger partial charge is 0.494 e. The van der Waals surface area contributed by atoms with Crippen LogP contribution in [0.5, 0.6) is 5.75 Å². The molecular formula is C16H20N2O3. The van der Waals surface area contributed by atoms with E-state index in [0.717, 1.165) is 29.3 Å². The van der Waals surface area contributed by atoms with Crippen molar-refractivity contribution >= 4 is 5.97 Å². The van der Waals surface area contributed by atoms with Crippen LogP contribution in [0.1, 0.15) is 24.7 Å². The van der Waals surface area contributed by atoms with Crippen molar-refractivity contribution in [2.45, 2.75) is 26.7 Å². The van der Waals surface area contributed by atoms with Crippen LogP contribution in [-0.2, 0) is 18.3 Å². The second-order valence-electron chi connectivity index (χ2n) is 4.97. The molecule has 0 spiro atoms. The van der Waals surface area contributed by atoms with Gasteiger partial charge in [-0.15, -0.1) is 0 Å². The monoisotopic (exact) mass is 288 g/mol. The predicted octanol–water partition coefficient (Wildman–Crippen LogP) is 2.81. The van der Waals surface area contributed by atoms with Crippen molar-refractivity contribution in [3.63, 3.8) is 0 Å². The fraction of sp³-hybridized carbons (Fsp3) is 0.375. The van der Waals surface area contributed by atoms with E-state index >= 15 is 0 Å². The van der Waals surface area contributed by atoms with E-state index < -0.39 is 5.97 Å². The summed E-state index contributed by atoms with van der Waals surface area (Å²) in [7, 11) is 1.89. The van der Waals surface area contributed by atoms with Crippen LogP contribution in [0.15, 0.2) is 24.3 Å². The lowest BCUT2D eigenvalue weighted by Gasteiger charge is -2.07. The predicted molar refractivity (Wildman–Crippen MR) is 80.5 cm³/mol. The molecule has 1 aromatic heterocycles. The van der Waals surface area contributed by atoms with Gasteiger partial charge in [0.25, 0.3) is 0 Å². The SMILES string of the molecule is CCCOc1cccc(-c2nc(CC(=O)O)c(C)n2C)c1. The third-order valence-electron chi connectivity index (χ3n) is 3.36. The summed E-state index contributed by atoms with van der Waals surface area (Å²) in [5.41, 5.74) is 2.39. The molecule has 0 aliphatic heterocycles. The molecule has 0 amide bonds. The molecule has 0 saturated heterocycles. The Morgan fingerprint density at radius 1 is 1.43 bits per heavy atom. The summed E-state index contributed by atoms with van der Waals surface area (Å²) in [6.45, 7) is 4.61. The highest BCUT2D eigenvalue weighted by Gasteiger charge is 2.15. The van der Waals surface area contributed by atoms with Crippen LogP contribution in [0.4, 0.5) is 0 Å². The number of carboxylic acid groups (broad SMARTS) is 1. The number of ether oxygens (including phenoxy) is 1. The molecule has 1 aromatic carbocycles. The van der Waals surface area contributed by atoms with E-state index in [0.29, 0.717) is 12.3 Å². The van der Waals surface area contributed by atoms with E-state index in [-0.39, 0.29) is 6.42 Å². The third-order valence-corrected chi connectivity index (χ3v) is 3.36. The average Bonchev–Trinajstić information content (AvgIpc) is 2.73. The molecule has 0 unspecified atom stereocenters. The van der Waals surface area contributed by atoms with E-state index in [2.05, 4.69) is 11.9 Å². The Bertz CT molecular complexity index is 647. The summed E-state index contributed by atoms with van der Waals surface area (Å²) >= 11 is 0. The highest BCUT2D eigenvalue weighted by molar-refractivity contribution is 5.70. The molecule has 5 nitrogen and oxygen atoms in total. The second kappa shape index (κ2) is 6.43. The molecule has 1 N–H and O–H groups in total. The standard InChI is InChI=1S/C16H20N2O3/c1-4-8-21-13-7-5-6-12(9-13)16-17-14(10-15(19)20)11(2)18(16)3/h5-7,9H,4,8,10H2,1-3H3,(H,19,20). The normalized spacial score (nSPS) is 10.6. The minimum absolute atomic E-state index is 0.0638. The number of rotatable bonds is 6. The summed E-state index contributed by atoms with van der Waals surface area (Å²) in [6.07, 6.45) is 0.889. The Morgan fingerprint density at radius 3 is 2.86 bits per heavy atom. The smallest absolute Gasteiger partial charge is 0.309 e. The first-order valence-corrected chi connectivity index (χ1v) is 7.00. The number of hydrogen-bond acceptors (Lipinski definition) is 3. The van der Waals surface area contributed by atoms with Crippen LogP contribution >= 0.6 is 0 Å². The van der Waals surface area contributed by atoms with Gasteiger partial charge in [-0.2, -0.15) is 0 Å². The maximum absolute atomic E-state index is 10.9. The van der Waals surface area contributed by atoms with Gasteiger partial charge in [0.1, 0.15) is 11.6 Å². The number of aromatic nitrogens is 2. The Labute approximate surface area is 124 Å². The van der Waals surface area contributed by atoms with Gasteiger partial charge in [-0.3, -0.25) is 4.79 Å². The summed E-state index contributed by atoms with van der Waals surface area (Å²) in [5, 5.41) is 8.93. The van der Waals surface area contributed by atoms with Crippen LogP contribution in [-0.4, -0.2) is 27.2 Å². The highest BCUT2D eigenvalue weighted by Crippen LogP contribution is 2.25. The Kier molecular flexibility index (Phi) is 4.62. The highest BCUT2D eigenvalue weighted by atomic mass is 16.5. The van der Waals surface area contributed by atoms with Crippen molar-refractivity contribution in [2.24, 2.45) is 7.05 Å². The molecule has 0 bridgehead atoms. The molecule has 2 rings (SSSR count). The molecule has 0 aliphatic rings. The molecule has 5 heteroatoms. The summed E-state index contributed by atoms with van der Waals surface area (Å²) in [6, 6.07) is 7.71. The molecule has 21 heavy (non-hydrogen) atoms. The quantitative estimate of drug-likeness (QED) is 0.887. The maximum atomic E-state index is 10.9. The number of nitrogens with zero attached hydrogens (tertiary/aromatic N) is 2. The van der Waals surface area contributed by atoms with Gasteiger partial charge in [0, 0.05) is 18.3 Å². The molecule has 0 aliphatic carbocycles. The summed E-state index contributed by atoms with van der Waals surface area (Å²) < 4.78 is 7.54. The first-order valence-electron chi connectivity index (χ1n) is 7.00. The summed E-state index contributed by atoms with van der Waals surface area (Å²) in [4.78, 5) is 15.3. The minimum atomic E-state index is -0.872. The zero-order valence-electron chi connectivity index (χ0n) is 12.6. The van der Waals surface area contributed by atoms with Crippen LogP contribution in [0.2, 0.25) is 0 Å². The molecule has 0 radical (unpaired) electrons. The number of aliphatic carboxylic acids is 1. The number of imidazole rings is 1. The van der Waals surface area contributed by atoms with Crippen molar-refractivity contribution in [1.82, 2.24) is 9.55 Å². The van der Waals surface area contributed by atoms with Crippen LogP contribution in [0.25, 0.3) is 11.4 Å². The van der Waals surface area contributed by atoms with E-state index in [4.69, 9.17) is 9.84 Å². The van der Waals surface area contributed by atoms with Crippen molar-refractivity contribution in [3.05, 3.63) is 35.7 Å². The summed E-state index contributed by atoms with van der Waals surface area (Å²) in [5.74, 6) is 0.684. The van der Waals surface area contributed by atoms with Gasteiger partial charge in [0.05, 0.1) is 18.7 Å². The minimum Gasteiger partial charge on any atom is -0.494 e. The molecule has 2 aromatic rings. The molecular weight excluding hydrogens is 268 g/mol. The van der Waals surface area contributed by atoms with Gasteiger partial charge >= 0.3 is 5.97 Å². The van der Waals surface area contributed by atoms with Gasteiger partial charge in [0.15, 0.2) is 0 Å². The molecule has 1 heterocycles. The average molecular weight is 288 g/mol. The number of hydrogen-bond donors (Lipinski definition) is 1. The first kappa shape index (κ1) is 15.1. The Balaban J connectivity index is 2.35. The van der Waals surface area contributed by atoms with Gasteiger partial charge < -0.3 is 14.4 Å². The second-order valence-corrected chi connectivity index (χ2v) is 4.97. The lowest BCUT2D eigenvalue weighted by atomic mass is 10.2. The van der Waals surface area contributed by atoms with Crippen LogP contribution in [0.3, 0.4) is 0 Å². The molecule has 0 atom stereocenters. The first-order chi connectivity index (χ1) is 10.0. The number of carbonyl (C=O) groups is 1. The van der Waals surface area contributed by atoms with Gasteiger partial charge in [-0.1, -0.05) is 19.1 Å². The molecule has 112 valence electrons. The van der Waals surface area contributed by atoms with Crippen molar-refractivity contribution in [3.8, 4) is 17.1 Å². The fourth-order valence-corrected chi connectivity index (χ4v) is 2.15. The van der Waals surface area contributed by atoms with E-state index in [1.54, 1.807) is 0 Å². The van der Waals surface area contributed by atoms with Crippen LogP contribution < -0.4 is 4.74 Å². The zero-order chi connectivity index (χ0) is 15.4. The van der Waals surface area contributed by atoms with E-state index in [1.165, 1.54) is 0 Å². The van der Waals surface area contributed by atoms with Gasteiger partial charge in [-0.25, -0.2) is 4.98 Å². The zero-order valence-corrected chi connectivity index (χ0v) is 12.6. The molecule has 0 fully saturated rings. The fourth-order valence-electron chi connectivity index (χ4n) is 2.15. The lowest BCUT2D eigenvalue weighted by Crippen LogP contribution is -2.02. The van der Waals surface area contributed by atoms with E-state index in [9.17, 15) is 4.79 Å². The van der Waals surface area contributed by atoms with E-state index in [1.807, 2.05) is 42.8 Å².